The predicted octanol–water partition coefficient (Wildman–Crippen LogP) is 2.53. The molecular weight excluding hydrogens is 389 g/mol. The molecule has 0 heterocycles. The number of benzene rings is 2. The number of nitrogen functional groups attached to an aromatic ring is 1. The average Bonchev–Trinajstić information content (AvgIpc) is 2.43. The highest BCUT2D eigenvalue weighted by molar-refractivity contribution is 14.1. The zero-order valence-corrected chi connectivity index (χ0v) is 13.7. The second kappa shape index (κ2) is 5.98. The summed E-state index contributed by atoms with van der Waals surface area (Å²) in [6.07, 6.45) is 0. The van der Waals surface area contributed by atoms with E-state index in [0.717, 1.165) is 9.26 Å². The van der Waals surface area contributed by atoms with Gasteiger partial charge in [-0.2, -0.15) is 0 Å². The molecule has 20 heavy (non-hydrogen) atoms. The van der Waals surface area contributed by atoms with Crippen LogP contribution in [0.4, 0.5) is 17.1 Å². The van der Waals surface area contributed by atoms with Crippen molar-refractivity contribution in [2.75, 3.05) is 18.1 Å². The van der Waals surface area contributed by atoms with Crippen molar-refractivity contribution < 1.29 is 8.42 Å². The number of hydrogen-bond donors (Lipinski definition) is 3. The lowest BCUT2D eigenvalue weighted by atomic mass is 10.2. The SMILES string of the molecule is CNS(=O)(=O)c1ccc(N)c(Nc2ccc(I)cc2)c1. The lowest BCUT2D eigenvalue weighted by Gasteiger charge is -2.11. The number of hydrogen-bond acceptors (Lipinski definition) is 4. The Bertz CT molecular complexity index is 715. The van der Waals surface area contributed by atoms with E-state index in [-0.39, 0.29) is 4.90 Å². The summed E-state index contributed by atoms with van der Waals surface area (Å²) >= 11 is 2.21. The van der Waals surface area contributed by atoms with Gasteiger partial charge in [-0.25, -0.2) is 13.1 Å². The first-order chi connectivity index (χ1) is 9.42. The quantitative estimate of drug-likeness (QED) is 0.541. The molecule has 0 aliphatic carbocycles. The Morgan fingerprint density at radius 1 is 1.10 bits per heavy atom. The summed E-state index contributed by atoms with van der Waals surface area (Å²) in [5.41, 5.74) is 7.76. The van der Waals surface area contributed by atoms with Crippen molar-refractivity contribution in [1.82, 2.24) is 4.72 Å². The van der Waals surface area contributed by atoms with Crippen molar-refractivity contribution in [3.05, 3.63) is 46.0 Å². The van der Waals surface area contributed by atoms with Crippen LogP contribution < -0.4 is 15.8 Å². The average molecular weight is 403 g/mol. The molecule has 0 fully saturated rings. The molecule has 0 aliphatic heterocycles. The first-order valence-electron chi connectivity index (χ1n) is 5.78. The highest BCUT2D eigenvalue weighted by Gasteiger charge is 2.13. The maximum absolute atomic E-state index is 11.8. The Labute approximate surface area is 131 Å². The summed E-state index contributed by atoms with van der Waals surface area (Å²) in [5.74, 6) is 0. The molecule has 106 valence electrons. The molecule has 0 aliphatic rings. The lowest BCUT2D eigenvalue weighted by Crippen LogP contribution is -2.18. The summed E-state index contributed by atoms with van der Waals surface area (Å²) in [4.78, 5) is 0.169. The molecule has 0 bridgehead atoms. The Morgan fingerprint density at radius 2 is 1.75 bits per heavy atom. The Kier molecular flexibility index (Phi) is 4.51. The number of sulfonamides is 1. The second-order valence-electron chi connectivity index (χ2n) is 4.09. The monoisotopic (exact) mass is 403 g/mol. The number of nitrogens with two attached hydrogens (primary N) is 1. The molecule has 7 heteroatoms. The largest absolute Gasteiger partial charge is 0.397 e. The van der Waals surface area contributed by atoms with Crippen LogP contribution in [0.1, 0.15) is 0 Å². The highest BCUT2D eigenvalue weighted by Crippen LogP contribution is 2.26. The highest BCUT2D eigenvalue weighted by atomic mass is 127. The standard InChI is InChI=1S/C13H14IN3O2S/c1-16-20(18,19)11-6-7-12(15)13(8-11)17-10-4-2-9(14)3-5-10/h2-8,16-17H,15H2,1H3. The van der Waals surface area contributed by atoms with Gasteiger partial charge in [-0.3, -0.25) is 0 Å². The van der Waals surface area contributed by atoms with E-state index in [4.69, 9.17) is 5.73 Å². The summed E-state index contributed by atoms with van der Waals surface area (Å²) in [5, 5.41) is 3.12. The van der Waals surface area contributed by atoms with Crippen LogP contribution in [-0.2, 0) is 10.0 Å². The van der Waals surface area contributed by atoms with Crippen molar-refractivity contribution in [3.63, 3.8) is 0 Å². The third-order valence-corrected chi connectivity index (χ3v) is 4.86. The molecule has 0 amide bonds. The third kappa shape index (κ3) is 3.41. The van der Waals surface area contributed by atoms with Gasteiger partial charge in [0.1, 0.15) is 0 Å². The minimum absolute atomic E-state index is 0.169. The maximum atomic E-state index is 11.8. The van der Waals surface area contributed by atoms with Crippen LogP contribution in [0.15, 0.2) is 47.4 Å². The van der Waals surface area contributed by atoms with Gasteiger partial charge in [0, 0.05) is 9.26 Å². The fourth-order valence-electron chi connectivity index (χ4n) is 1.62. The van der Waals surface area contributed by atoms with Gasteiger partial charge < -0.3 is 11.1 Å². The van der Waals surface area contributed by atoms with Crippen LogP contribution in [0, 0.1) is 3.57 Å². The second-order valence-corrected chi connectivity index (χ2v) is 7.22. The van der Waals surface area contributed by atoms with Crippen molar-refractivity contribution in [3.8, 4) is 0 Å². The predicted molar refractivity (Wildman–Crippen MR) is 89.5 cm³/mol. The van der Waals surface area contributed by atoms with E-state index >= 15 is 0 Å². The number of rotatable bonds is 4. The number of anilines is 3. The summed E-state index contributed by atoms with van der Waals surface area (Å²) in [6, 6.07) is 12.3. The van der Waals surface area contributed by atoms with Crippen LogP contribution >= 0.6 is 22.6 Å². The van der Waals surface area contributed by atoms with Gasteiger partial charge in [0.05, 0.1) is 16.3 Å². The van der Waals surface area contributed by atoms with E-state index in [0.29, 0.717) is 11.4 Å². The number of nitrogens with one attached hydrogen (secondary N) is 2. The fraction of sp³-hybridized carbons (Fsp3) is 0.0769. The van der Waals surface area contributed by atoms with Crippen LogP contribution in [0.25, 0.3) is 0 Å². The van der Waals surface area contributed by atoms with E-state index in [1.165, 1.54) is 19.2 Å². The van der Waals surface area contributed by atoms with Crippen LogP contribution in [0.3, 0.4) is 0 Å². The molecule has 0 spiro atoms. The van der Waals surface area contributed by atoms with Gasteiger partial charge in [0.2, 0.25) is 10.0 Å². The molecule has 0 saturated carbocycles. The van der Waals surface area contributed by atoms with Crippen molar-refractivity contribution in [2.24, 2.45) is 0 Å². The zero-order chi connectivity index (χ0) is 14.8. The third-order valence-electron chi connectivity index (χ3n) is 2.73. The van der Waals surface area contributed by atoms with E-state index in [1.54, 1.807) is 6.07 Å². The molecule has 0 atom stereocenters. The summed E-state index contributed by atoms with van der Waals surface area (Å²) in [6.45, 7) is 0. The Balaban J connectivity index is 2.36. The molecule has 0 radical (unpaired) electrons. The Morgan fingerprint density at radius 3 is 2.35 bits per heavy atom. The van der Waals surface area contributed by atoms with Gasteiger partial charge in [0.25, 0.3) is 0 Å². The van der Waals surface area contributed by atoms with Gasteiger partial charge in [0.15, 0.2) is 0 Å². The molecule has 2 aromatic carbocycles. The zero-order valence-electron chi connectivity index (χ0n) is 10.7. The molecule has 2 rings (SSSR count). The molecule has 0 unspecified atom stereocenters. The Hall–Kier alpha value is -1.32. The van der Waals surface area contributed by atoms with E-state index < -0.39 is 10.0 Å². The fourth-order valence-corrected chi connectivity index (χ4v) is 2.73. The molecule has 5 nitrogen and oxygen atoms in total. The van der Waals surface area contributed by atoms with Crippen molar-refractivity contribution in [2.45, 2.75) is 4.90 Å². The van der Waals surface area contributed by atoms with Gasteiger partial charge in [-0.15, -0.1) is 0 Å². The topological polar surface area (TPSA) is 84.2 Å². The minimum Gasteiger partial charge on any atom is -0.397 e. The minimum atomic E-state index is -3.48. The molecule has 0 saturated heterocycles. The van der Waals surface area contributed by atoms with Gasteiger partial charge in [-0.05, 0) is 72.1 Å². The normalized spacial score (nSPS) is 11.3. The van der Waals surface area contributed by atoms with E-state index in [1.807, 2.05) is 24.3 Å². The first-order valence-corrected chi connectivity index (χ1v) is 8.34. The molecule has 2 aromatic rings. The molecular formula is C13H14IN3O2S. The first kappa shape index (κ1) is 15.1. The van der Waals surface area contributed by atoms with Crippen molar-refractivity contribution >= 4 is 49.7 Å². The van der Waals surface area contributed by atoms with Crippen LogP contribution in [0.2, 0.25) is 0 Å². The van der Waals surface area contributed by atoms with Gasteiger partial charge in [-0.1, -0.05) is 0 Å². The van der Waals surface area contributed by atoms with E-state index in [9.17, 15) is 8.42 Å². The summed E-state index contributed by atoms with van der Waals surface area (Å²) in [7, 11) is -2.11. The smallest absolute Gasteiger partial charge is 0.240 e. The molecule has 0 aromatic heterocycles. The van der Waals surface area contributed by atoms with Crippen LogP contribution in [-0.4, -0.2) is 15.5 Å². The summed E-state index contributed by atoms with van der Waals surface area (Å²) < 4.78 is 27.0. The van der Waals surface area contributed by atoms with Crippen molar-refractivity contribution in [1.29, 1.82) is 0 Å². The molecule has 4 N–H and O–H groups in total. The number of halogens is 1. The van der Waals surface area contributed by atoms with Gasteiger partial charge >= 0.3 is 0 Å². The lowest BCUT2D eigenvalue weighted by molar-refractivity contribution is 0.588. The van der Waals surface area contributed by atoms with E-state index in [2.05, 4.69) is 32.6 Å². The maximum Gasteiger partial charge on any atom is 0.240 e. The van der Waals surface area contributed by atoms with Crippen LogP contribution in [0.5, 0.6) is 0 Å².